The van der Waals surface area contributed by atoms with Gasteiger partial charge in [-0.25, -0.2) is 0 Å². The lowest BCUT2D eigenvalue weighted by Gasteiger charge is -1.94. The van der Waals surface area contributed by atoms with E-state index in [1.165, 1.54) is 0 Å². The highest BCUT2D eigenvalue weighted by atomic mass is 16.1. The summed E-state index contributed by atoms with van der Waals surface area (Å²) in [5.74, 6) is 0.0259. The van der Waals surface area contributed by atoms with E-state index in [-0.39, 0.29) is 5.78 Å². The largest absolute Gasteiger partial charge is 0.289 e. The highest BCUT2D eigenvalue weighted by Crippen LogP contribution is 2.03. The van der Waals surface area contributed by atoms with Crippen LogP contribution in [0.5, 0.6) is 0 Å². The molecule has 0 heterocycles. The molecule has 0 spiro atoms. The van der Waals surface area contributed by atoms with E-state index in [9.17, 15) is 4.79 Å². The van der Waals surface area contributed by atoms with Crippen LogP contribution in [0.1, 0.15) is 17.3 Å². The fourth-order valence-electron chi connectivity index (χ4n) is 0.951. The van der Waals surface area contributed by atoms with Crippen LogP contribution in [-0.2, 0) is 0 Å². The second kappa shape index (κ2) is 4.41. The maximum Gasteiger partial charge on any atom is 0.186 e. The fourth-order valence-corrected chi connectivity index (χ4v) is 0.951. The lowest BCUT2D eigenvalue weighted by molar-refractivity contribution is 0.104. The van der Waals surface area contributed by atoms with Crippen molar-refractivity contribution >= 4 is 5.78 Å². The lowest BCUT2D eigenvalue weighted by Crippen LogP contribution is -1.93. The van der Waals surface area contributed by atoms with Gasteiger partial charge in [0.05, 0.1) is 0 Å². The van der Waals surface area contributed by atoms with Crippen molar-refractivity contribution in [1.29, 1.82) is 0 Å². The molecular weight excluding hydrogens is 160 g/mol. The Bertz CT molecular complexity index is 333. The van der Waals surface area contributed by atoms with E-state index in [1.54, 1.807) is 24.3 Å². The molecule has 1 aromatic carbocycles. The van der Waals surface area contributed by atoms with Gasteiger partial charge in [-0.2, -0.15) is 0 Å². The Morgan fingerprint density at radius 2 is 1.92 bits per heavy atom. The average molecular weight is 172 g/mol. The van der Waals surface area contributed by atoms with Crippen LogP contribution in [0, 0.1) is 0 Å². The predicted molar refractivity (Wildman–Crippen MR) is 54.7 cm³/mol. The zero-order valence-electron chi connectivity index (χ0n) is 7.66. The highest BCUT2D eigenvalue weighted by molar-refractivity contribution is 6.05. The van der Waals surface area contributed by atoms with Crippen LogP contribution >= 0.6 is 0 Å². The molecule has 0 aliphatic heterocycles. The Kier molecular flexibility index (Phi) is 3.21. The summed E-state index contributed by atoms with van der Waals surface area (Å²) >= 11 is 0. The number of ketones is 1. The number of benzene rings is 1. The van der Waals surface area contributed by atoms with Crippen molar-refractivity contribution in [1.82, 2.24) is 0 Å². The molecule has 0 amide bonds. The Hall–Kier alpha value is -1.63. The van der Waals surface area contributed by atoms with Gasteiger partial charge in [0.25, 0.3) is 0 Å². The summed E-state index contributed by atoms with van der Waals surface area (Å²) in [5, 5.41) is 0. The van der Waals surface area contributed by atoms with E-state index in [0.29, 0.717) is 5.56 Å². The minimum Gasteiger partial charge on any atom is -0.289 e. The summed E-state index contributed by atoms with van der Waals surface area (Å²) in [6.07, 6.45) is 3.25. The van der Waals surface area contributed by atoms with Gasteiger partial charge in [0.1, 0.15) is 0 Å². The summed E-state index contributed by atoms with van der Waals surface area (Å²) in [6, 6.07) is 9.19. The van der Waals surface area contributed by atoms with Gasteiger partial charge in [-0.3, -0.25) is 4.79 Å². The summed E-state index contributed by atoms with van der Waals surface area (Å²) < 4.78 is 0. The summed E-state index contributed by atoms with van der Waals surface area (Å²) in [4.78, 5) is 11.5. The Morgan fingerprint density at radius 3 is 2.46 bits per heavy atom. The zero-order chi connectivity index (χ0) is 9.68. The van der Waals surface area contributed by atoms with E-state index in [1.807, 2.05) is 25.1 Å². The van der Waals surface area contributed by atoms with Crippen LogP contribution < -0.4 is 0 Å². The van der Waals surface area contributed by atoms with Gasteiger partial charge in [0.15, 0.2) is 5.78 Å². The topological polar surface area (TPSA) is 17.1 Å². The van der Waals surface area contributed by atoms with Crippen molar-refractivity contribution in [2.75, 3.05) is 0 Å². The van der Waals surface area contributed by atoms with E-state index in [4.69, 9.17) is 0 Å². The van der Waals surface area contributed by atoms with Crippen molar-refractivity contribution in [3.63, 3.8) is 0 Å². The normalized spacial score (nSPS) is 11.0. The smallest absolute Gasteiger partial charge is 0.186 e. The highest BCUT2D eigenvalue weighted by Gasteiger charge is 1.99. The van der Waals surface area contributed by atoms with Crippen molar-refractivity contribution in [3.05, 3.63) is 60.2 Å². The molecule has 66 valence electrons. The van der Waals surface area contributed by atoms with Crippen LogP contribution in [0.25, 0.3) is 0 Å². The Morgan fingerprint density at radius 1 is 1.31 bits per heavy atom. The molecule has 1 nitrogen and oxygen atoms in total. The number of hydrogen-bond acceptors (Lipinski definition) is 1. The average Bonchev–Trinajstić information content (AvgIpc) is 2.19. The molecule has 0 aliphatic rings. The minimum atomic E-state index is 0.0259. The number of carbonyl (C=O) groups is 1. The summed E-state index contributed by atoms with van der Waals surface area (Å²) in [6.45, 7) is 5.44. The molecule has 0 bridgehead atoms. The third kappa shape index (κ3) is 2.71. The van der Waals surface area contributed by atoms with Gasteiger partial charge in [-0.05, 0) is 18.6 Å². The summed E-state index contributed by atoms with van der Waals surface area (Å²) in [7, 11) is 0. The first kappa shape index (κ1) is 9.46. The predicted octanol–water partition coefficient (Wildman–Crippen LogP) is 3.00. The molecule has 1 rings (SSSR count). The quantitative estimate of drug-likeness (QED) is 0.389. The second-order valence-corrected chi connectivity index (χ2v) is 2.82. The fraction of sp³-hybridized carbons (Fsp3) is 0.0833. The molecule has 0 fully saturated rings. The number of rotatable bonds is 3. The maximum absolute atomic E-state index is 11.5. The first-order valence-corrected chi connectivity index (χ1v) is 4.14. The van der Waals surface area contributed by atoms with Crippen LogP contribution in [0.3, 0.4) is 0 Å². The zero-order valence-corrected chi connectivity index (χ0v) is 7.66. The van der Waals surface area contributed by atoms with E-state index in [0.717, 1.165) is 5.57 Å². The van der Waals surface area contributed by atoms with Crippen LogP contribution in [0.2, 0.25) is 0 Å². The molecule has 0 aliphatic carbocycles. The van der Waals surface area contributed by atoms with E-state index >= 15 is 0 Å². The first-order chi connectivity index (χ1) is 6.24. The number of allylic oxidation sites excluding steroid dienone is 3. The molecule has 0 saturated heterocycles. The van der Waals surface area contributed by atoms with Crippen LogP contribution in [0.15, 0.2) is 54.6 Å². The van der Waals surface area contributed by atoms with Crippen molar-refractivity contribution in [2.24, 2.45) is 0 Å². The standard InChI is InChI=1S/C12H12O/c1-3-10(2)9-12(13)11-7-5-4-6-8-11/h3-9H,1H2,2H3. The molecule has 1 heteroatoms. The van der Waals surface area contributed by atoms with Gasteiger partial charge >= 0.3 is 0 Å². The van der Waals surface area contributed by atoms with Crippen molar-refractivity contribution in [2.45, 2.75) is 6.92 Å². The van der Waals surface area contributed by atoms with Gasteiger partial charge < -0.3 is 0 Å². The first-order valence-electron chi connectivity index (χ1n) is 4.14. The van der Waals surface area contributed by atoms with Crippen molar-refractivity contribution in [3.8, 4) is 0 Å². The third-order valence-electron chi connectivity index (χ3n) is 1.74. The van der Waals surface area contributed by atoms with Gasteiger partial charge in [-0.1, -0.05) is 43.0 Å². The molecule has 0 atom stereocenters. The summed E-state index contributed by atoms with van der Waals surface area (Å²) in [5.41, 5.74) is 1.59. The Balaban J connectivity index is 2.87. The van der Waals surface area contributed by atoms with Gasteiger partial charge in [0, 0.05) is 5.56 Å². The van der Waals surface area contributed by atoms with Gasteiger partial charge in [0.2, 0.25) is 0 Å². The van der Waals surface area contributed by atoms with Crippen LogP contribution in [0.4, 0.5) is 0 Å². The molecular formula is C12H12O. The monoisotopic (exact) mass is 172 g/mol. The molecule has 0 saturated carbocycles. The van der Waals surface area contributed by atoms with E-state index < -0.39 is 0 Å². The Labute approximate surface area is 78.4 Å². The molecule has 0 unspecified atom stereocenters. The maximum atomic E-state index is 11.5. The minimum absolute atomic E-state index is 0.0259. The molecule has 13 heavy (non-hydrogen) atoms. The molecule has 1 aromatic rings. The molecule has 0 N–H and O–H groups in total. The lowest BCUT2D eigenvalue weighted by atomic mass is 10.1. The molecule has 0 radical (unpaired) electrons. The number of hydrogen-bond donors (Lipinski definition) is 0. The third-order valence-corrected chi connectivity index (χ3v) is 1.74. The number of carbonyl (C=O) groups excluding carboxylic acids is 1. The van der Waals surface area contributed by atoms with E-state index in [2.05, 4.69) is 6.58 Å². The second-order valence-electron chi connectivity index (χ2n) is 2.82. The van der Waals surface area contributed by atoms with Crippen LogP contribution in [-0.4, -0.2) is 5.78 Å². The van der Waals surface area contributed by atoms with Crippen molar-refractivity contribution < 1.29 is 4.79 Å². The SMILES string of the molecule is C=CC(C)=CC(=O)c1ccccc1. The molecule has 0 aromatic heterocycles. The van der Waals surface area contributed by atoms with Gasteiger partial charge in [-0.15, -0.1) is 0 Å².